The molecule has 0 aliphatic carbocycles. The molecule has 1 aromatic heterocycles. The number of hydrogen-bond acceptors (Lipinski definition) is 3. The number of aliphatic imine (C=N–C) groups is 1. The summed E-state index contributed by atoms with van der Waals surface area (Å²) in [7, 11) is 0. The number of benzene rings is 2. The van der Waals surface area contributed by atoms with Crippen molar-refractivity contribution >= 4 is 16.9 Å². The number of nitrogens with one attached hydrogen (secondary N) is 1. The van der Waals surface area contributed by atoms with Crippen LogP contribution >= 0.6 is 0 Å². The average Bonchev–Trinajstić information content (AvgIpc) is 3.21. The summed E-state index contributed by atoms with van der Waals surface area (Å²) in [6.07, 6.45) is -6.39. The van der Waals surface area contributed by atoms with E-state index in [2.05, 4.69) is 26.6 Å². The third-order valence-electron chi connectivity index (χ3n) is 5.09. The van der Waals surface area contributed by atoms with Crippen molar-refractivity contribution in [2.45, 2.75) is 24.2 Å². The van der Waals surface area contributed by atoms with Gasteiger partial charge in [-0.2, -0.15) is 13.2 Å². The zero-order valence-corrected chi connectivity index (χ0v) is 15.9. The van der Waals surface area contributed by atoms with E-state index < -0.39 is 42.8 Å². The molecule has 0 fully saturated rings. The summed E-state index contributed by atoms with van der Waals surface area (Å²) >= 11 is 0. The molecule has 2 atom stereocenters. The van der Waals surface area contributed by atoms with Gasteiger partial charge in [-0.15, -0.1) is 0 Å². The molecule has 0 radical (unpaired) electrons. The first-order chi connectivity index (χ1) is 14.7. The molecule has 0 bridgehead atoms. The van der Waals surface area contributed by atoms with Crippen LogP contribution in [-0.4, -0.2) is 30.0 Å². The zero-order chi connectivity index (χ0) is 22.2. The predicted molar refractivity (Wildman–Crippen MR) is 105 cm³/mol. The standard InChI is InChI=1S/C22H16F5N3O/c23-12-21(11-18(22(25,26)27)31-20(28)30-21)16-10-13(5-7-17(16)24)4-6-14-2-1-3-15-8-9-29-19(14)15/h1-3,5,7-10,18,29H,11-12H2,(H2,28,30). The van der Waals surface area contributed by atoms with Crippen molar-refractivity contribution < 1.29 is 26.7 Å². The lowest BCUT2D eigenvalue weighted by Crippen LogP contribution is -2.48. The van der Waals surface area contributed by atoms with E-state index in [0.29, 0.717) is 5.56 Å². The second-order valence-corrected chi connectivity index (χ2v) is 7.16. The summed E-state index contributed by atoms with van der Waals surface area (Å²) < 4.78 is 72.9. The summed E-state index contributed by atoms with van der Waals surface area (Å²) in [5.41, 5.74) is 4.64. The Morgan fingerprint density at radius 2 is 2.00 bits per heavy atom. The van der Waals surface area contributed by atoms with E-state index >= 15 is 0 Å². The van der Waals surface area contributed by atoms with E-state index in [9.17, 15) is 22.0 Å². The minimum Gasteiger partial charge on any atom is -0.452 e. The molecule has 1 aliphatic rings. The fraction of sp³-hybridized carbons (Fsp3) is 0.227. The Labute approximate surface area is 173 Å². The summed E-state index contributed by atoms with van der Waals surface area (Å²) in [5, 5.41) is 0.952. The van der Waals surface area contributed by atoms with E-state index in [1.165, 1.54) is 12.1 Å². The summed E-state index contributed by atoms with van der Waals surface area (Å²) in [6, 6.07) is 10.1. The van der Waals surface area contributed by atoms with Crippen LogP contribution < -0.4 is 5.73 Å². The third kappa shape index (κ3) is 3.93. The van der Waals surface area contributed by atoms with Crippen LogP contribution in [0, 0.1) is 17.7 Å². The van der Waals surface area contributed by atoms with Crippen molar-refractivity contribution in [1.82, 2.24) is 4.98 Å². The molecule has 0 saturated heterocycles. The van der Waals surface area contributed by atoms with E-state index in [1.54, 1.807) is 12.3 Å². The van der Waals surface area contributed by atoms with Crippen LogP contribution in [0.1, 0.15) is 23.1 Å². The Morgan fingerprint density at radius 3 is 2.74 bits per heavy atom. The maximum atomic E-state index is 14.6. The molecule has 3 aromatic rings. The highest BCUT2D eigenvalue weighted by atomic mass is 19.4. The van der Waals surface area contributed by atoms with Crippen LogP contribution in [-0.2, 0) is 10.3 Å². The highest BCUT2D eigenvalue weighted by molar-refractivity contribution is 5.85. The molecule has 2 heterocycles. The first-order valence-corrected chi connectivity index (χ1v) is 9.25. The van der Waals surface area contributed by atoms with Crippen LogP contribution in [0.25, 0.3) is 10.9 Å². The smallest absolute Gasteiger partial charge is 0.425 e. The third-order valence-corrected chi connectivity index (χ3v) is 5.09. The van der Waals surface area contributed by atoms with Crippen molar-refractivity contribution in [2.24, 2.45) is 10.7 Å². The maximum absolute atomic E-state index is 14.6. The minimum absolute atomic E-state index is 0.289. The van der Waals surface area contributed by atoms with Gasteiger partial charge in [0, 0.05) is 34.7 Å². The second-order valence-electron chi connectivity index (χ2n) is 7.16. The Balaban J connectivity index is 1.76. The molecule has 0 amide bonds. The van der Waals surface area contributed by atoms with Crippen molar-refractivity contribution in [3.8, 4) is 11.8 Å². The van der Waals surface area contributed by atoms with Gasteiger partial charge in [-0.05, 0) is 30.3 Å². The van der Waals surface area contributed by atoms with Gasteiger partial charge < -0.3 is 15.5 Å². The predicted octanol–water partition coefficient (Wildman–Crippen LogP) is 4.54. The number of rotatable bonds is 2. The van der Waals surface area contributed by atoms with E-state index in [-0.39, 0.29) is 11.1 Å². The number of ether oxygens (including phenoxy) is 1. The van der Waals surface area contributed by atoms with Crippen LogP contribution in [0.3, 0.4) is 0 Å². The Morgan fingerprint density at radius 1 is 1.19 bits per heavy atom. The fourth-order valence-electron chi connectivity index (χ4n) is 3.57. The number of alkyl halides is 4. The first-order valence-electron chi connectivity index (χ1n) is 9.25. The van der Waals surface area contributed by atoms with E-state index in [1.807, 2.05) is 18.2 Å². The largest absolute Gasteiger partial charge is 0.452 e. The normalized spacial score (nSPS) is 21.2. The fourth-order valence-corrected chi connectivity index (χ4v) is 3.57. The quantitative estimate of drug-likeness (QED) is 0.461. The van der Waals surface area contributed by atoms with Gasteiger partial charge in [0.25, 0.3) is 6.02 Å². The number of aromatic amines is 1. The highest BCUT2D eigenvalue weighted by Crippen LogP contribution is 2.41. The van der Waals surface area contributed by atoms with E-state index in [0.717, 1.165) is 17.0 Å². The number of hydrogen-bond donors (Lipinski definition) is 2. The molecule has 2 aromatic carbocycles. The van der Waals surface area contributed by atoms with E-state index in [4.69, 9.17) is 5.73 Å². The van der Waals surface area contributed by atoms with Gasteiger partial charge in [0.2, 0.25) is 0 Å². The van der Waals surface area contributed by atoms with Gasteiger partial charge in [0.05, 0.1) is 5.52 Å². The molecular weight excluding hydrogens is 417 g/mol. The van der Waals surface area contributed by atoms with Crippen molar-refractivity contribution in [3.05, 3.63) is 71.2 Å². The summed E-state index contributed by atoms with van der Waals surface area (Å²) in [5.74, 6) is 4.89. The van der Waals surface area contributed by atoms with Crippen molar-refractivity contribution in [3.63, 3.8) is 0 Å². The van der Waals surface area contributed by atoms with Gasteiger partial charge in [-0.25, -0.2) is 13.8 Å². The van der Waals surface area contributed by atoms with Gasteiger partial charge >= 0.3 is 6.18 Å². The number of fused-ring (bicyclic) bond motifs is 1. The topological polar surface area (TPSA) is 63.4 Å². The number of nitrogens with zero attached hydrogens (tertiary/aromatic N) is 1. The van der Waals surface area contributed by atoms with Crippen molar-refractivity contribution in [2.75, 3.05) is 6.67 Å². The van der Waals surface area contributed by atoms with Crippen LogP contribution in [0.2, 0.25) is 0 Å². The molecule has 4 nitrogen and oxygen atoms in total. The monoisotopic (exact) mass is 433 g/mol. The van der Waals surface area contributed by atoms with Crippen LogP contribution in [0.5, 0.6) is 0 Å². The number of nitrogens with two attached hydrogens (primary N) is 1. The molecule has 160 valence electrons. The molecule has 1 aliphatic heterocycles. The number of para-hydroxylation sites is 1. The Kier molecular flexibility index (Phi) is 5.09. The Hall–Kier alpha value is -3.54. The molecule has 9 heteroatoms. The van der Waals surface area contributed by atoms with Gasteiger partial charge in [-0.1, -0.05) is 24.0 Å². The second kappa shape index (κ2) is 7.61. The molecule has 2 unspecified atom stereocenters. The summed E-state index contributed by atoms with van der Waals surface area (Å²) in [4.78, 5) is 6.80. The molecule has 31 heavy (non-hydrogen) atoms. The lowest BCUT2D eigenvalue weighted by Gasteiger charge is -2.36. The Bertz CT molecular complexity index is 1220. The molecule has 0 saturated carbocycles. The minimum atomic E-state index is -4.82. The number of amidine groups is 1. The molecular formula is C22H16F5N3O. The summed E-state index contributed by atoms with van der Waals surface area (Å²) in [6.45, 7) is -1.39. The average molecular weight is 433 g/mol. The van der Waals surface area contributed by atoms with Gasteiger partial charge in [0.1, 0.15) is 18.0 Å². The lowest BCUT2D eigenvalue weighted by atomic mass is 9.84. The number of halogens is 5. The molecule has 4 rings (SSSR count). The lowest BCUT2D eigenvalue weighted by molar-refractivity contribution is -0.209. The van der Waals surface area contributed by atoms with Crippen LogP contribution in [0.4, 0.5) is 22.0 Å². The molecule has 0 spiro atoms. The van der Waals surface area contributed by atoms with Gasteiger partial charge in [-0.3, -0.25) is 0 Å². The highest BCUT2D eigenvalue weighted by Gasteiger charge is 2.52. The molecule has 3 N–H and O–H groups in total. The number of aromatic nitrogens is 1. The maximum Gasteiger partial charge on any atom is 0.425 e. The SMILES string of the molecule is NC1=NC(CF)(c2cc(C#Cc3cccc4cc[nH]c34)ccc2F)CC(C(F)(F)F)O1. The number of H-pyrrole nitrogens is 1. The van der Waals surface area contributed by atoms with Gasteiger partial charge in [0.15, 0.2) is 6.10 Å². The van der Waals surface area contributed by atoms with Crippen molar-refractivity contribution in [1.29, 1.82) is 0 Å². The zero-order valence-electron chi connectivity index (χ0n) is 15.9. The first kappa shape index (κ1) is 20.7. The van der Waals surface area contributed by atoms with Crippen LogP contribution in [0.15, 0.2) is 53.7 Å².